The van der Waals surface area contributed by atoms with Crippen molar-refractivity contribution in [2.24, 2.45) is 0 Å². The summed E-state index contributed by atoms with van der Waals surface area (Å²) in [5, 5.41) is 2.37. The van der Waals surface area contributed by atoms with E-state index in [0.717, 1.165) is 12.1 Å². The van der Waals surface area contributed by atoms with Crippen molar-refractivity contribution in [3.8, 4) is 0 Å². The minimum Gasteiger partial charge on any atom is -0.379 e. The van der Waals surface area contributed by atoms with Gasteiger partial charge in [-0.1, -0.05) is 6.07 Å². The van der Waals surface area contributed by atoms with Crippen LogP contribution in [-0.4, -0.2) is 44.9 Å². The van der Waals surface area contributed by atoms with E-state index >= 15 is 0 Å². The second kappa shape index (κ2) is 8.42. The Morgan fingerprint density at radius 2 is 1.79 bits per heavy atom. The van der Waals surface area contributed by atoms with Crippen molar-refractivity contribution in [3.05, 3.63) is 58.1 Å². The number of rotatable bonds is 4. The van der Waals surface area contributed by atoms with Crippen LogP contribution in [0.25, 0.3) is 0 Å². The second-order valence-corrected chi connectivity index (χ2v) is 8.96. The first-order chi connectivity index (χ1) is 13.6. The summed E-state index contributed by atoms with van der Waals surface area (Å²) in [4.78, 5) is 12.4. The molecule has 1 amide bonds. The van der Waals surface area contributed by atoms with Crippen LogP contribution in [0.4, 0.5) is 18.9 Å². The molecule has 29 heavy (non-hydrogen) atoms. The lowest BCUT2D eigenvalue weighted by molar-refractivity contribution is -0.137. The quantitative estimate of drug-likeness (QED) is 0.705. The summed E-state index contributed by atoms with van der Waals surface area (Å²) in [6, 6.07) is 8.17. The lowest BCUT2D eigenvalue weighted by atomic mass is 10.1. The molecule has 1 aliphatic heterocycles. The van der Waals surface area contributed by atoms with Crippen LogP contribution in [0.3, 0.4) is 0 Å². The van der Waals surface area contributed by atoms with E-state index in [1.807, 2.05) is 0 Å². The van der Waals surface area contributed by atoms with Crippen molar-refractivity contribution in [2.45, 2.75) is 11.1 Å². The number of morpholine rings is 1. The molecule has 0 aromatic heterocycles. The zero-order valence-electron chi connectivity index (χ0n) is 14.9. The first-order valence-electron chi connectivity index (χ1n) is 8.45. The van der Waals surface area contributed by atoms with Crippen molar-refractivity contribution >= 4 is 37.5 Å². The van der Waals surface area contributed by atoms with Crippen molar-refractivity contribution in [1.29, 1.82) is 0 Å². The molecule has 1 aliphatic rings. The molecule has 2 aromatic carbocycles. The van der Waals surface area contributed by atoms with Crippen molar-refractivity contribution < 1.29 is 31.1 Å². The number of sulfonamides is 1. The highest BCUT2D eigenvalue weighted by Crippen LogP contribution is 2.31. The van der Waals surface area contributed by atoms with Gasteiger partial charge in [0.15, 0.2) is 0 Å². The van der Waals surface area contributed by atoms with Crippen LogP contribution < -0.4 is 5.32 Å². The van der Waals surface area contributed by atoms with E-state index < -0.39 is 27.7 Å². The molecule has 3 rings (SSSR count). The number of alkyl halides is 3. The zero-order chi connectivity index (χ0) is 21.2. The molecule has 1 saturated heterocycles. The van der Waals surface area contributed by atoms with Crippen LogP contribution in [0.15, 0.2) is 51.8 Å². The molecule has 0 atom stereocenters. The Labute approximate surface area is 173 Å². The Morgan fingerprint density at radius 1 is 1.10 bits per heavy atom. The third-order valence-electron chi connectivity index (χ3n) is 4.23. The number of halogens is 4. The van der Waals surface area contributed by atoms with Crippen molar-refractivity contribution in [1.82, 2.24) is 4.31 Å². The largest absolute Gasteiger partial charge is 0.416 e. The molecule has 0 radical (unpaired) electrons. The van der Waals surface area contributed by atoms with Gasteiger partial charge in [0.05, 0.1) is 23.7 Å². The number of carbonyl (C=O) groups is 1. The smallest absolute Gasteiger partial charge is 0.379 e. The number of benzene rings is 2. The normalized spacial score (nSPS) is 15.9. The van der Waals surface area contributed by atoms with Crippen LogP contribution in [0, 0.1) is 0 Å². The lowest BCUT2D eigenvalue weighted by Gasteiger charge is -2.26. The van der Waals surface area contributed by atoms with Crippen LogP contribution in [0.5, 0.6) is 0 Å². The van der Waals surface area contributed by atoms with E-state index in [1.54, 1.807) is 0 Å². The Balaban J connectivity index is 1.87. The zero-order valence-corrected chi connectivity index (χ0v) is 17.3. The molecule has 0 bridgehead atoms. The summed E-state index contributed by atoms with van der Waals surface area (Å²) in [6.07, 6.45) is -4.54. The number of carbonyl (C=O) groups excluding carboxylic acids is 1. The minimum absolute atomic E-state index is 0.00236. The monoisotopic (exact) mass is 492 g/mol. The SMILES string of the molecule is O=C(Nc1cccc(C(F)(F)F)c1)c1ccc(Br)c(S(=O)(=O)N2CCOCC2)c1. The third-order valence-corrected chi connectivity index (χ3v) is 7.12. The maximum absolute atomic E-state index is 12.9. The number of nitrogens with zero attached hydrogens (tertiary/aromatic N) is 1. The number of nitrogens with one attached hydrogen (secondary N) is 1. The van der Waals surface area contributed by atoms with Gasteiger partial charge in [0.1, 0.15) is 0 Å². The van der Waals surface area contributed by atoms with Gasteiger partial charge in [-0.05, 0) is 52.3 Å². The summed E-state index contributed by atoms with van der Waals surface area (Å²) in [5.74, 6) is -0.727. The van der Waals surface area contributed by atoms with E-state index in [1.165, 1.54) is 34.6 Å². The van der Waals surface area contributed by atoms with Gasteiger partial charge in [-0.25, -0.2) is 8.42 Å². The van der Waals surface area contributed by atoms with Crippen LogP contribution in [0.1, 0.15) is 15.9 Å². The predicted octanol–water partition coefficient (Wildman–Crippen LogP) is 3.74. The third kappa shape index (κ3) is 4.97. The molecule has 11 heteroatoms. The summed E-state index contributed by atoms with van der Waals surface area (Å²) in [6.45, 7) is 0.921. The summed E-state index contributed by atoms with van der Waals surface area (Å²) >= 11 is 3.19. The lowest BCUT2D eigenvalue weighted by Crippen LogP contribution is -2.40. The fourth-order valence-corrected chi connectivity index (χ4v) is 5.10. The highest BCUT2D eigenvalue weighted by Gasteiger charge is 2.31. The van der Waals surface area contributed by atoms with E-state index in [-0.39, 0.29) is 46.9 Å². The van der Waals surface area contributed by atoms with Gasteiger partial charge in [-0.2, -0.15) is 17.5 Å². The molecule has 1 N–H and O–H groups in total. The summed E-state index contributed by atoms with van der Waals surface area (Å²) in [5.41, 5.74) is -0.954. The number of ether oxygens (including phenoxy) is 1. The van der Waals surface area contributed by atoms with Gasteiger partial charge in [0.25, 0.3) is 5.91 Å². The Hall–Kier alpha value is -1.95. The number of hydrogen-bond donors (Lipinski definition) is 1. The minimum atomic E-state index is -4.54. The van der Waals surface area contributed by atoms with E-state index in [9.17, 15) is 26.4 Å². The van der Waals surface area contributed by atoms with Gasteiger partial charge in [-0.3, -0.25) is 4.79 Å². The van der Waals surface area contributed by atoms with Crippen molar-refractivity contribution in [2.75, 3.05) is 31.6 Å². The number of amides is 1. The fraction of sp³-hybridized carbons (Fsp3) is 0.278. The summed E-state index contributed by atoms with van der Waals surface area (Å²) in [7, 11) is -3.87. The second-order valence-electron chi connectivity index (χ2n) is 6.19. The molecule has 0 unspecified atom stereocenters. The molecule has 0 saturated carbocycles. The molecule has 1 heterocycles. The molecular weight excluding hydrogens is 477 g/mol. The Bertz CT molecular complexity index is 1020. The molecule has 2 aromatic rings. The Morgan fingerprint density at radius 3 is 2.45 bits per heavy atom. The van der Waals surface area contributed by atoms with Crippen molar-refractivity contribution in [3.63, 3.8) is 0 Å². The predicted molar refractivity (Wildman–Crippen MR) is 103 cm³/mol. The van der Waals surface area contributed by atoms with E-state index in [4.69, 9.17) is 4.74 Å². The standard InChI is InChI=1S/C18H16BrF3N2O4S/c19-15-5-4-12(10-16(15)29(26,27)24-6-8-28-9-7-24)17(25)23-14-3-1-2-13(11-14)18(20,21)22/h1-5,10-11H,6-9H2,(H,23,25). The molecule has 0 aliphatic carbocycles. The maximum atomic E-state index is 12.9. The highest BCUT2D eigenvalue weighted by molar-refractivity contribution is 9.10. The van der Waals surface area contributed by atoms with Gasteiger partial charge in [0, 0.05) is 28.8 Å². The molecular formula is C18H16BrF3N2O4S. The van der Waals surface area contributed by atoms with E-state index in [0.29, 0.717) is 0 Å². The van der Waals surface area contributed by atoms with Gasteiger partial charge in [-0.15, -0.1) is 0 Å². The topological polar surface area (TPSA) is 75.7 Å². The summed E-state index contributed by atoms with van der Waals surface area (Å²) < 4.78 is 71.0. The number of hydrogen-bond acceptors (Lipinski definition) is 4. The molecule has 156 valence electrons. The fourth-order valence-electron chi connectivity index (χ4n) is 2.74. The van der Waals surface area contributed by atoms with Crippen LogP contribution >= 0.6 is 15.9 Å². The van der Waals surface area contributed by atoms with Gasteiger partial charge >= 0.3 is 6.18 Å². The molecule has 1 fully saturated rings. The highest BCUT2D eigenvalue weighted by atomic mass is 79.9. The average Bonchev–Trinajstić information content (AvgIpc) is 2.68. The maximum Gasteiger partial charge on any atom is 0.416 e. The molecule has 0 spiro atoms. The van der Waals surface area contributed by atoms with Gasteiger partial charge < -0.3 is 10.1 Å². The molecule has 6 nitrogen and oxygen atoms in total. The van der Waals surface area contributed by atoms with Gasteiger partial charge in [0.2, 0.25) is 10.0 Å². The first-order valence-corrected chi connectivity index (χ1v) is 10.7. The Kier molecular flexibility index (Phi) is 6.32. The first kappa shape index (κ1) is 21.8. The average molecular weight is 493 g/mol. The van der Waals surface area contributed by atoms with Crippen LogP contribution in [0.2, 0.25) is 0 Å². The van der Waals surface area contributed by atoms with E-state index in [2.05, 4.69) is 21.2 Å². The van der Waals surface area contributed by atoms with Crippen LogP contribution in [-0.2, 0) is 20.9 Å². The number of anilines is 1.